The van der Waals surface area contributed by atoms with Gasteiger partial charge in [-0.15, -0.1) is 0 Å². The minimum Gasteiger partial charge on any atom is -0.0913 e. The molecule has 0 saturated heterocycles. The molecule has 0 heteroatoms. The van der Waals surface area contributed by atoms with Crippen LogP contribution in [0.3, 0.4) is 0 Å². The lowest BCUT2D eigenvalue weighted by molar-refractivity contribution is 0.417. The van der Waals surface area contributed by atoms with Gasteiger partial charge < -0.3 is 0 Å². The van der Waals surface area contributed by atoms with Gasteiger partial charge in [0, 0.05) is 0 Å². The molecule has 0 heterocycles. The van der Waals surface area contributed by atoms with Gasteiger partial charge in [0.05, 0.1) is 0 Å². The van der Waals surface area contributed by atoms with Gasteiger partial charge in [-0.2, -0.15) is 0 Å². The van der Waals surface area contributed by atoms with E-state index in [0.717, 1.165) is 12.8 Å². The molecule has 0 aromatic carbocycles. The number of hydrogen-bond donors (Lipinski definition) is 0. The van der Waals surface area contributed by atoms with Gasteiger partial charge in [0.25, 0.3) is 0 Å². The minimum absolute atomic E-state index is 0.301. The van der Waals surface area contributed by atoms with Crippen molar-refractivity contribution in [2.24, 2.45) is 5.41 Å². The van der Waals surface area contributed by atoms with Crippen LogP contribution in [0.4, 0.5) is 0 Å². The number of rotatable bonds is 6. The summed E-state index contributed by atoms with van der Waals surface area (Å²) in [6.45, 7) is 15.8. The van der Waals surface area contributed by atoms with Crippen LogP contribution in [0.5, 0.6) is 0 Å². The maximum absolute atomic E-state index is 2.37. The van der Waals surface area contributed by atoms with Crippen LogP contribution in [0.15, 0.2) is 34.9 Å². The Balaban J connectivity index is 5.61. The molecule has 0 unspecified atom stereocenters. The van der Waals surface area contributed by atoms with E-state index in [1.807, 2.05) is 0 Å². The molecule has 0 nitrogen and oxygen atoms in total. The Morgan fingerprint density at radius 1 is 1.12 bits per heavy atom. The zero-order chi connectivity index (χ0) is 13.5. The van der Waals surface area contributed by atoms with Crippen molar-refractivity contribution in [1.82, 2.24) is 0 Å². The summed E-state index contributed by atoms with van der Waals surface area (Å²) in [5.74, 6) is 0. The monoisotopic (exact) mass is 234 g/mol. The summed E-state index contributed by atoms with van der Waals surface area (Å²) in [4.78, 5) is 0. The van der Waals surface area contributed by atoms with Gasteiger partial charge in [0.1, 0.15) is 0 Å². The van der Waals surface area contributed by atoms with E-state index >= 15 is 0 Å². The van der Waals surface area contributed by atoms with Crippen molar-refractivity contribution < 1.29 is 0 Å². The second kappa shape index (κ2) is 7.53. The smallest absolute Gasteiger partial charge is 0.0128 e. The Morgan fingerprint density at radius 3 is 2.06 bits per heavy atom. The molecule has 98 valence electrons. The van der Waals surface area contributed by atoms with Gasteiger partial charge in [-0.05, 0) is 51.0 Å². The van der Waals surface area contributed by atoms with Gasteiger partial charge in [-0.25, -0.2) is 0 Å². The quantitative estimate of drug-likeness (QED) is 0.387. The summed E-state index contributed by atoms with van der Waals surface area (Å²) in [5.41, 5.74) is 4.90. The molecule has 0 saturated carbocycles. The molecule has 0 amide bonds. The first-order valence-corrected chi connectivity index (χ1v) is 6.91. The summed E-state index contributed by atoms with van der Waals surface area (Å²) >= 11 is 0. The van der Waals surface area contributed by atoms with E-state index in [9.17, 15) is 0 Å². The molecule has 0 N–H and O–H groups in total. The van der Waals surface area contributed by atoms with E-state index in [1.54, 1.807) is 11.1 Å². The Labute approximate surface area is 109 Å². The Hall–Kier alpha value is -0.780. The molecule has 0 radical (unpaired) electrons. The van der Waals surface area contributed by atoms with E-state index in [1.165, 1.54) is 12.0 Å². The first-order chi connectivity index (χ1) is 7.94. The van der Waals surface area contributed by atoms with Crippen molar-refractivity contribution in [2.75, 3.05) is 0 Å². The highest BCUT2D eigenvalue weighted by Crippen LogP contribution is 2.37. The first-order valence-electron chi connectivity index (χ1n) is 6.91. The van der Waals surface area contributed by atoms with Gasteiger partial charge in [-0.1, -0.05) is 57.1 Å². The first kappa shape index (κ1) is 16.2. The topological polar surface area (TPSA) is 0 Å². The van der Waals surface area contributed by atoms with Crippen molar-refractivity contribution in [3.8, 4) is 0 Å². The van der Waals surface area contributed by atoms with E-state index in [2.05, 4.69) is 66.7 Å². The fraction of sp³-hybridized carbons (Fsp3) is 0.647. The van der Waals surface area contributed by atoms with Crippen molar-refractivity contribution in [1.29, 1.82) is 0 Å². The van der Waals surface area contributed by atoms with E-state index in [-0.39, 0.29) is 0 Å². The fourth-order valence-corrected chi connectivity index (χ4v) is 2.16. The van der Waals surface area contributed by atoms with Crippen LogP contribution in [0.25, 0.3) is 0 Å². The fourth-order valence-electron chi connectivity index (χ4n) is 2.16. The summed E-state index contributed by atoms with van der Waals surface area (Å²) in [5, 5.41) is 0. The zero-order valence-corrected chi connectivity index (χ0v) is 12.9. The predicted octanol–water partition coefficient (Wildman–Crippen LogP) is 6.06. The molecule has 0 aliphatic rings. The average Bonchev–Trinajstić information content (AvgIpc) is 2.33. The molecule has 0 rings (SSSR count). The largest absolute Gasteiger partial charge is 0.0913 e. The van der Waals surface area contributed by atoms with E-state index in [4.69, 9.17) is 0 Å². The standard InChI is InChI=1S/C17H30/c1-8-12-13-16(17(6,7)11-4)15(10-3)14(5)9-2/h8-9,12H,10-11,13H2,1-7H3. The maximum atomic E-state index is 2.37. The van der Waals surface area contributed by atoms with Crippen LogP contribution < -0.4 is 0 Å². The molecule has 0 bridgehead atoms. The Kier molecular flexibility index (Phi) is 7.18. The third-order valence-corrected chi connectivity index (χ3v) is 3.89. The molecule has 17 heavy (non-hydrogen) atoms. The second-order valence-electron chi connectivity index (χ2n) is 5.29. The summed E-state index contributed by atoms with van der Waals surface area (Å²) in [6, 6.07) is 0. The van der Waals surface area contributed by atoms with Gasteiger partial charge in [0.2, 0.25) is 0 Å². The highest BCUT2D eigenvalue weighted by Gasteiger charge is 2.23. The minimum atomic E-state index is 0.301. The van der Waals surface area contributed by atoms with Crippen LogP contribution in [0, 0.1) is 5.41 Å². The molecule has 0 fully saturated rings. The highest BCUT2D eigenvalue weighted by atomic mass is 14.3. The van der Waals surface area contributed by atoms with Crippen LogP contribution in [-0.2, 0) is 0 Å². The van der Waals surface area contributed by atoms with Crippen molar-refractivity contribution in [3.05, 3.63) is 34.9 Å². The Morgan fingerprint density at radius 2 is 1.71 bits per heavy atom. The lowest BCUT2D eigenvalue weighted by Gasteiger charge is -2.30. The zero-order valence-electron chi connectivity index (χ0n) is 12.9. The van der Waals surface area contributed by atoms with Gasteiger partial charge in [-0.3, -0.25) is 0 Å². The normalized spacial score (nSPS) is 15.4. The van der Waals surface area contributed by atoms with E-state index < -0.39 is 0 Å². The van der Waals surface area contributed by atoms with Crippen LogP contribution in [-0.4, -0.2) is 0 Å². The molecule has 0 aromatic heterocycles. The maximum Gasteiger partial charge on any atom is -0.0128 e. The number of allylic oxidation sites excluding steroid dienone is 6. The van der Waals surface area contributed by atoms with Crippen LogP contribution in [0.2, 0.25) is 0 Å². The Bertz CT molecular complexity index is 311. The lowest BCUT2D eigenvalue weighted by Crippen LogP contribution is -2.16. The van der Waals surface area contributed by atoms with Crippen molar-refractivity contribution in [3.63, 3.8) is 0 Å². The predicted molar refractivity (Wildman–Crippen MR) is 80.3 cm³/mol. The summed E-state index contributed by atoms with van der Waals surface area (Å²) in [7, 11) is 0. The molecular formula is C17H30. The average molecular weight is 234 g/mol. The van der Waals surface area contributed by atoms with Crippen molar-refractivity contribution in [2.45, 2.75) is 67.7 Å². The van der Waals surface area contributed by atoms with E-state index in [0.29, 0.717) is 5.41 Å². The van der Waals surface area contributed by atoms with Gasteiger partial charge >= 0.3 is 0 Å². The molecule has 0 spiro atoms. The third-order valence-electron chi connectivity index (χ3n) is 3.89. The number of hydrogen-bond acceptors (Lipinski definition) is 0. The van der Waals surface area contributed by atoms with Gasteiger partial charge in [0.15, 0.2) is 0 Å². The SMILES string of the molecule is CC=CCC(=C(CC)C(C)=CC)C(C)(C)CC. The summed E-state index contributed by atoms with van der Waals surface area (Å²) in [6.07, 6.45) is 10.1. The van der Waals surface area contributed by atoms with Crippen LogP contribution >= 0.6 is 0 Å². The lowest BCUT2D eigenvalue weighted by atomic mass is 9.75. The molecular weight excluding hydrogens is 204 g/mol. The molecule has 0 aliphatic carbocycles. The second-order valence-corrected chi connectivity index (χ2v) is 5.29. The van der Waals surface area contributed by atoms with Crippen LogP contribution in [0.1, 0.15) is 67.7 Å². The summed E-state index contributed by atoms with van der Waals surface area (Å²) < 4.78 is 0. The molecule has 0 aromatic rings. The molecule has 0 atom stereocenters. The molecule has 0 aliphatic heterocycles. The highest BCUT2D eigenvalue weighted by molar-refractivity contribution is 5.37. The third kappa shape index (κ3) is 4.53. The van der Waals surface area contributed by atoms with Crippen molar-refractivity contribution >= 4 is 0 Å².